The monoisotopic (exact) mass is 416 g/mol. The Labute approximate surface area is 181 Å². The van der Waals surface area contributed by atoms with Gasteiger partial charge in [-0.25, -0.2) is 0 Å². The van der Waals surface area contributed by atoms with Crippen molar-refractivity contribution in [3.05, 3.63) is 96.4 Å². The van der Waals surface area contributed by atoms with Crippen molar-refractivity contribution in [2.45, 2.75) is 0 Å². The summed E-state index contributed by atoms with van der Waals surface area (Å²) in [7, 11) is 0. The van der Waals surface area contributed by atoms with E-state index in [1.165, 1.54) is 62.9 Å². The van der Waals surface area contributed by atoms with Crippen molar-refractivity contribution >= 4 is 74.5 Å². The average molecular weight is 417 g/mol. The molecule has 0 N–H and O–H groups in total. The number of benzene rings is 5. The Morgan fingerprint density at radius 3 is 2.10 bits per heavy atom. The number of rotatable bonds is 1. The fourth-order valence-corrected chi connectivity index (χ4v) is 7.00. The second-order valence-corrected chi connectivity index (χ2v) is 9.72. The molecule has 140 valence electrons. The minimum Gasteiger partial charge on any atom is -0.143 e. The molecule has 2 heterocycles. The summed E-state index contributed by atoms with van der Waals surface area (Å²) >= 11 is 3.75. The highest BCUT2D eigenvalue weighted by Crippen LogP contribution is 2.45. The molecule has 0 atom stereocenters. The second kappa shape index (κ2) is 6.15. The van der Waals surface area contributed by atoms with Crippen molar-refractivity contribution < 1.29 is 0 Å². The van der Waals surface area contributed by atoms with Gasteiger partial charge in [-0.15, -0.1) is 22.7 Å². The third-order valence-electron chi connectivity index (χ3n) is 6.14. The van der Waals surface area contributed by atoms with Gasteiger partial charge < -0.3 is 0 Å². The quantitative estimate of drug-likeness (QED) is 0.234. The van der Waals surface area contributed by atoms with Crippen LogP contribution in [0.3, 0.4) is 0 Å². The van der Waals surface area contributed by atoms with Crippen LogP contribution < -0.4 is 0 Å². The number of thiophene rings is 2. The Balaban J connectivity index is 1.73. The highest BCUT2D eigenvalue weighted by atomic mass is 32.1. The lowest BCUT2D eigenvalue weighted by Gasteiger charge is -2.12. The summed E-state index contributed by atoms with van der Waals surface area (Å²) in [5.41, 5.74) is 2.67. The van der Waals surface area contributed by atoms with Gasteiger partial charge in [0, 0.05) is 41.2 Å². The highest BCUT2D eigenvalue weighted by Gasteiger charge is 2.16. The maximum absolute atomic E-state index is 2.38. The van der Waals surface area contributed by atoms with Crippen LogP contribution in [0.2, 0.25) is 0 Å². The Morgan fingerprint density at radius 1 is 0.500 bits per heavy atom. The van der Waals surface area contributed by atoms with Crippen molar-refractivity contribution in [1.29, 1.82) is 0 Å². The first-order valence-corrected chi connectivity index (χ1v) is 11.8. The summed E-state index contributed by atoms with van der Waals surface area (Å²) < 4.78 is 4.10. The summed E-state index contributed by atoms with van der Waals surface area (Å²) in [5.74, 6) is 0. The molecule has 0 amide bonds. The zero-order valence-electron chi connectivity index (χ0n) is 16.1. The normalized spacial score (nSPS) is 12.0. The van der Waals surface area contributed by atoms with E-state index in [4.69, 9.17) is 0 Å². The molecule has 7 rings (SSSR count). The van der Waals surface area contributed by atoms with Crippen LogP contribution >= 0.6 is 22.7 Å². The number of fused-ring (bicyclic) bond motifs is 8. The summed E-state index contributed by atoms with van der Waals surface area (Å²) in [5, 5.41) is 11.8. The lowest BCUT2D eigenvalue weighted by atomic mass is 9.92. The van der Waals surface area contributed by atoms with Crippen LogP contribution in [-0.2, 0) is 0 Å². The highest BCUT2D eigenvalue weighted by molar-refractivity contribution is 7.26. The van der Waals surface area contributed by atoms with Crippen LogP contribution in [0.25, 0.3) is 62.9 Å². The average Bonchev–Trinajstić information content (AvgIpc) is 3.40. The molecule has 0 aliphatic rings. The summed E-state index contributed by atoms with van der Waals surface area (Å²) in [4.78, 5) is 0. The first-order valence-electron chi connectivity index (χ1n) is 10.1. The van der Waals surface area contributed by atoms with Gasteiger partial charge >= 0.3 is 0 Å². The van der Waals surface area contributed by atoms with Gasteiger partial charge in [-0.05, 0) is 45.3 Å². The van der Waals surface area contributed by atoms with Gasteiger partial charge in [-0.1, -0.05) is 72.8 Å². The van der Waals surface area contributed by atoms with Gasteiger partial charge in [0.1, 0.15) is 0 Å². The molecule has 0 radical (unpaired) electrons. The molecule has 0 unspecified atom stereocenters. The minimum atomic E-state index is 1.31. The van der Waals surface area contributed by atoms with Gasteiger partial charge in [0.25, 0.3) is 0 Å². The Hall–Kier alpha value is -3.20. The van der Waals surface area contributed by atoms with Crippen LogP contribution in [0, 0.1) is 0 Å². The van der Waals surface area contributed by atoms with E-state index in [-0.39, 0.29) is 0 Å². The van der Waals surface area contributed by atoms with Gasteiger partial charge in [0.05, 0.1) is 0 Å². The predicted octanol–water partition coefficient (Wildman–Crippen LogP) is 9.24. The smallest absolute Gasteiger partial charge is 0.0440 e. The van der Waals surface area contributed by atoms with E-state index in [9.17, 15) is 0 Å². The molecule has 2 heteroatoms. The van der Waals surface area contributed by atoms with E-state index in [0.29, 0.717) is 0 Å². The van der Waals surface area contributed by atoms with E-state index < -0.39 is 0 Å². The van der Waals surface area contributed by atoms with Crippen molar-refractivity contribution in [2.24, 2.45) is 0 Å². The molecule has 30 heavy (non-hydrogen) atoms. The van der Waals surface area contributed by atoms with E-state index in [1.54, 1.807) is 0 Å². The lowest BCUT2D eigenvalue weighted by molar-refractivity contribution is 1.77. The zero-order valence-corrected chi connectivity index (χ0v) is 17.7. The molecule has 0 saturated heterocycles. The van der Waals surface area contributed by atoms with Gasteiger partial charge in [0.15, 0.2) is 0 Å². The topological polar surface area (TPSA) is 0 Å². The summed E-state index contributed by atoms with van der Waals surface area (Å²) in [6, 6.07) is 33.4. The SMILES string of the molecule is c1ccc2c(c1)cc(-c1csc3ccccc13)c1ccc3c4ccccc4sc3c12. The molecule has 0 aliphatic carbocycles. The maximum atomic E-state index is 2.38. The molecule has 0 aliphatic heterocycles. The molecule has 2 aromatic heterocycles. The number of hydrogen-bond donors (Lipinski definition) is 0. The molecular formula is C28H16S2. The van der Waals surface area contributed by atoms with E-state index in [0.717, 1.165) is 0 Å². The summed E-state index contributed by atoms with van der Waals surface area (Å²) in [6.45, 7) is 0. The molecular weight excluding hydrogens is 400 g/mol. The first kappa shape index (κ1) is 16.6. The third-order valence-corrected chi connectivity index (χ3v) is 8.31. The standard InChI is InChI=1S/C28H16S2/c1-2-8-18-17(7-1)15-23(24-16-29-25-11-5-3-10-20(24)25)21-13-14-22-19-9-4-6-12-26(19)30-28(22)27(18)21/h1-16H. The van der Waals surface area contributed by atoms with Crippen molar-refractivity contribution in [3.8, 4) is 11.1 Å². The maximum Gasteiger partial charge on any atom is 0.0440 e. The van der Waals surface area contributed by atoms with Crippen LogP contribution in [-0.4, -0.2) is 0 Å². The molecule has 0 spiro atoms. The lowest BCUT2D eigenvalue weighted by Crippen LogP contribution is -1.84. The van der Waals surface area contributed by atoms with Gasteiger partial charge in [0.2, 0.25) is 0 Å². The van der Waals surface area contributed by atoms with E-state index in [1.807, 2.05) is 22.7 Å². The summed E-state index contributed by atoms with van der Waals surface area (Å²) in [6.07, 6.45) is 0. The van der Waals surface area contributed by atoms with E-state index >= 15 is 0 Å². The number of hydrogen-bond acceptors (Lipinski definition) is 2. The van der Waals surface area contributed by atoms with Gasteiger partial charge in [-0.2, -0.15) is 0 Å². The Bertz CT molecular complexity index is 1750. The van der Waals surface area contributed by atoms with Crippen LogP contribution in [0.4, 0.5) is 0 Å². The van der Waals surface area contributed by atoms with Crippen LogP contribution in [0.5, 0.6) is 0 Å². The van der Waals surface area contributed by atoms with Gasteiger partial charge in [-0.3, -0.25) is 0 Å². The molecule has 0 bridgehead atoms. The molecule has 0 fully saturated rings. The molecule has 0 nitrogen and oxygen atoms in total. The zero-order chi connectivity index (χ0) is 19.7. The minimum absolute atomic E-state index is 1.31. The van der Waals surface area contributed by atoms with Crippen molar-refractivity contribution in [3.63, 3.8) is 0 Å². The van der Waals surface area contributed by atoms with Crippen molar-refractivity contribution in [1.82, 2.24) is 0 Å². The molecule has 5 aromatic carbocycles. The van der Waals surface area contributed by atoms with E-state index in [2.05, 4.69) is 96.4 Å². The Kier molecular flexibility index (Phi) is 3.40. The van der Waals surface area contributed by atoms with Crippen LogP contribution in [0.15, 0.2) is 96.4 Å². The Morgan fingerprint density at radius 2 is 1.20 bits per heavy atom. The largest absolute Gasteiger partial charge is 0.143 e. The molecule has 7 aromatic rings. The fourth-order valence-electron chi connectivity index (χ4n) is 4.77. The fraction of sp³-hybridized carbons (Fsp3) is 0. The van der Waals surface area contributed by atoms with Crippen molar-refractivity contribution in [2.75, 3.05) is 0 Å². The van der Waals surface area contributed by atoms with Crippen LogP contribution in [0.1, 0.15) is 0 Å². The molecule has 0 saturated carbocycles. The third kappa shape index (κ3) is 2.21. The second-order valence-electron chi connectivity index (χ2n) is 7.75. The predicted molar refractivity (Wildman–Crippen MR) is 135 cm³/mol. The first-order chi connectivity index (χ1) is 14.9.